The normalized spacial score (nSPS) is 11.7. The van der Waals surface area contributed by atoms with Crippen molar-refractivity contribution in [1.82, 2.24) is 24.8 Å². The number of para-hydroxylation sites is 2. The van der Waals surface area contributed by atoms with Gasteiger partial charge in [0.25, 0.3) is 0 Å². The van der Waals surface area contributed by atoms with Gasteiger partial charge >= 0.3 is 0 Å². The Labute approximate surface area is 170 Å². The van der Waals surface area contributed by atoms with E-state index in [4.69, 9.17) is 0 Å². The van der Waals surface area contributed by atoms with E-state index in [9.17, 15) is 0 Å². The number of benzene rings is 2. The fourth-order valence-electron chi connectivity index (χ4n) is 3.51. The molecule has 148 valence electrons. The van der Waals surface area contributed by atoms with Crippen LogP contribution in [0.2, 0.25) is 0 Å². The minimum absolute atomic E-state index is 0.691. The second-order valence-electron chi connectivity index (χ2n) is 6.87. The summed E-state index contributed by atoms with van der Waals surface area (Å²) in [5, 5.41) is 8.11. The van der Waals surface area contributed by atoms with Crippen LogP contribution in [0.3, 0.4) is 0 Å². The van der Waals surface area contributed by atoms with Crippen molar-refractivity contribution in [2.75, 3.05) is 13.6 Å². The number of hydrogen-bond acceptors (Lipinski definition) is 2. The molecule has 0 unspecified atom stereocenters. The second kappa shape index (κ2) is 9.10. The summed E-state index contributed by atoms with van der Waals surface area (Å²) in [7, 11) is 1.80. The highest BCUT2D eigenvalue weighted by Gasteiger charge is 2.05. The van der Waals surface area contributed by atoms with Crippen molar-refractivity contribution < 1.29 is 0 Å². The maximum atomic E-state index is 4.35. The van der Waals surface area contributed by atoms with Gasteiger partial charge in [-0.05, 0) is 35.6 Å². The number of nitrogens with zero attached hydrogens (tertiary/aromatic N) is 4. The van der Waals surface area contributed by atoms with E-state index in [0.29, 0.717) is 6.54 Å². The third kappa shape index (κ3) is 4.48. The van der Waals surface area contributed by atoms with Crippen molar-refractivity contribution in [1.29, 1.82) is 0 Å². The first-order chi connectivity index (χ1) is 14.3. The van der Waals surface area contributed by atoms with Gasteiger partial charge in [-0.3, -0.25) is 4.99 Å². The van der Waals surface area contributed by atoms with Gasteiger partial charge in [0, 0.05) is 50.8 Å². The highest BCUT2D eigenvalue weighted by atomic mass is 15.2. The maximum absolute atomic E-state index is 4.35. The first-order valence-electron chi connectivity index (χ1n) is 9.90. The van der Waals surface area contributed by atoms with Crippen LogP contribution in [0.15, 0.2) is 84.5 Å². The van der Waals surface area contributed by atoms with Gasteiger partial charge in [-0.2, -0.15) is 0 Å². The molecule has 6 nitrogen and oxygen atoms in total. The molecule has 0 atom stereocenters. The number of aliphatic imine (C=N–C) groups is 1. The van der Waals surface area contributed by atoms with E-state index in [-0.39, 0.29) is 0 Å². The van der Waals surface area contributed by atoms with Gasteiger partial charge in [-0.15, -0.1) is 0 Å². The van der Waals surface area contributed by atoms with E-state index < -0.39 is 0 Å². The molecule has 4 rings (SSSR count). The smallest absolute Gasteiger partial charge is 0.191 e. The van der Waals surface area contributed by atoms with E-state index >= 15 is 0 Å². The minimum Gasteiger partial charge on any atom is -0.356 e. The fourth-order valence-corrected chi connectivity index (χ4v) is 3.51. The van der Waals surface area contributed by atoms with Crippen molar-refractivity contribution >= 4 is 16.9 Å². The summed E-state index contributed by atoms with van der Waals surface area (Å²) in [6, 6.07) is 19.0. The van der Waals surface area contributed by atoms with Crippen LogP contribution in [0.1, 0.15) is 12.0 Å². The molecule has 4 aromatic rings. The third-order valence-electron chi connectivity index (χ3n) is 4.99. The molecule has 0 saturated heterocycles. The summed E-state index contributed by atoms with van der Waals surface area (Å²) in [4.78, 5) is 8.49. The second-order valence-corrected chi connectivity index (χ2v) is 6.87. The van der Waals surface area contributed by atoms with Gasteiger partial charge in [0.2, 0.25) is 0 Å². The van der Waals surface area contributed by atoms with Crippen LogP contribution in [0.25, 0.3) is 16.6 Å². The Kier molecular flexibility index (Phi) is 5.90. The molecule has 29 heavy (non-hydrogen) atoms. The van der Waals surface area contributed by atoms with Crippen LogP contribution in [0.4, 0.5) is 0 Å². The molecule has 6 heteroatoms. The zero-order valence-corrected chi connectivity index (χ0v) is 16.6. The zero-order valence-electron chi connectivity index (χ0n) is 16.6. The maximum Gasteiger partial charge on any atom is 0.191 e. The Hall–Kier alpha value is -3.54. The summed E-state index contributed by atoms with van der Waals surface area (Å²) in [6.45, 7) is 2.52. The molecule has 0 aliphatic rings. The highest BCUT2D eigenvalue weighted by molar-refractivity contribution is 5.80. The topological polar surface area (TPSA) is 59.2 Å². The van der Waals surface area contributed by atoms with Crippen LogP contribution in [-0.2, 0) is 13.1 Å². The zero-order chi connectivity index (χ0) is 19.9. The van der Waals surface area contributed by atoms with Crippen molar-refractivity contribution in [3.63, 3.8) is 0 Å². The molecule has 2 N–H and O–H groups in total. The van der Waals surface area contributed by atoms with Gasteiger partial charge in [0.1, 0.15) is 0 Å². The summed E-state index contributed by atoms with van der Waals surface area (Å²) < 4.78 is 4.32. The van der Waals surface area contributed by atoms with Gasteiger partial charge < -0.3 is 19.8 Å². The molecule has 2 heterocycles. The molecule has 0 aliphatic heterocycles. The van der Waals surface area contributed by atoms with Crippen molar-refractivity contribution in [3.8, 4) is 5.69 Å². The molecule has 2 aromatic heterocycles. The van der Waals surface area contributed by atoms with Crippen LogP contribution < -0.4 is 10.6 Å². The number of aromatic nitrogens is 3. The Balaban J connectivity index is 1.29. The molecule has 0 spiro atoms. The minimum atomic E-state index is 0.691. The van der Waals surface area contributed by atoms with Gasteiger partial charge in [0.05, 0.1) is 12.0 Å². The highest BCUT2D eigenvalue weighted by Crippen LogP contribution is 2.15. The Morgan fingerprint density at radius 1 is 1.00 bits per heavy atom. The molecule has 0 aliphatic carbocycles. The van der Waals surface area contributed by atoms with Crippen LogP contribution in [0, 0.1) is 0 Å². The van der Waals surface area contributed by atoms with Gasteiger partial charge in [-0.1, -0.05) is 36.4 Å². The number of imidazole rings is 1. The number of nitrogens with one attached hydrogen (secondary N) is 2. The first-order valence-corrected chi connectivity index (χ1v) is 9.90. The van der Waals surface area contributed by atoms with Crippen molar-refractivity contribution in [3.05, 3.63) is 85.1 Å². The van der Waals surface area contributed by atoms with Crippen LogP contribution >= 0.6 is 0 Å². The lowest BCUT2D eigenvalue weighted by Gasteiger charge is -2.15. The summed E-state index contributed by atoms with van der Waals surface area (Å²) in [5.74, 6) is 0.808. The first kappa shape index (κ1) is 18.8. The van der Waals surface area contributed by atoms with Crippen molar-refractivity contribution in [2.45, 2.75) is 19.5 Å². The molecule has 0 saturated carbocycles. The number of fused-ring (bicyclic) bond motifs is 1. The monoisotopic (exact) mass is 386 g/mol. The van der Waals surface area contributed by atoms with E-state index in [0.717, 1.165) is 31.2 Å². The molecule has 2 aromatic carbocycles. The lowest BCUT2D eigenvalue weighted by molar-refractivity contribution is 0.640. The number of hydrogen-bond donors (Lipinski definition) is 2. The van der Waals surface area contributed by atoms with E-state index in [1.54, 1.807) is 13.2 Å². The lowest BCUT2D eigenvalue weighted by atomic mass is 10.1. The van der Waals surface area contributed by atoms with Gasteiger partial charge in [0.15, 0.2) is 5.96 Å². The number of aryl methyl sites for hydroxylation is 1. The van der Waals surface area contributed by atoms with Crippen molar-refractivity contribution in [2.24, 2.45) is 4.99 Å². The molecule has 0 amide bonds. The number of guanidine groups is 1. The van der Waals surface area contributed by atoms with Crippen LogP contribution in [-0.4, -0.2) is 33.7 Å². The predicted molar refractivity (Wildman–Crippen MR) is 118 cm³/mol. The summed E-state index contributed by atoms with van der Waals surface area (Å²) >= 11 is 0. The predicted octanol–water partition coefficient (Wildman–Crippen LogP) is 3.58. The quantitative estimate of drug-likeness (QED) is 0.290. The van der Waals surface area contributed by atoms with E-state index in [1.807, 2.05) is 23.2 Å². The van der Waals surface area contributed by atoms with Gasteiger partial charge in [-0.25, -0.2) is 4.98 Å². The average molecular weight is 387 g/mol. The summed E-state index contributed by atoms with van der Waals surface area (Å²) in [5.41, 5.74) is 3.59. The average Bonchev–Trinajstić information content (AvgIpc) is 3.44. The largest absolute Gasteiger partial charge is 0.356 e. The fraction of sp³-hybridized carbons (Fsp3) is 0.217. The van der Waals surface area contributed by atoms with E-state index in [2.05, 4.69) is 79.9 Å². The SMILES string of the molecule is CN=C(NCCCn1ccc2ccccc21)NCc1ccccc1-n1ccnc1. The molecule has 0 fully saturated rings. The van der Waals surface area contributed by atoms with Crippen LogP contribution in [0.5, 0.6) is 0 Å². The Bertz CT molecular complexity index is 1080. The lowest BCUT2D eigenvalue weighted by Crippen LogP contribution is -2.37. The summed E-state index contributed by atoms with van der Waals surface area (Å²) in [6.07, 6.45) is 8.74. The number of rotatable bonds is 7. The Morgan fingerprint density at radius 2 is 1.86 bits per heavy atom. The molecular weight excluding hydrogens is 360 g/mol. The molecular formula is C23H26N6. The molecule has 0 radical (unpaired) electrons. The third-order valence-corrected chi connectivity index (χ3v) is 4.99. The standard InChI is InChI=1S/C23H26N6/c1-24-23(26-12-6-14-28-15-11-19-7-2-4-9-21(19)28)27-17-20-8-3-5-10-22(20)29-16-13-25-18-29/h2-5,7-11,13,15-16,18H,6,12,14,17H2,1H3,(H2,24,26,27). The molecule has 0 bridgehead atoms. The Morgan fingerprint density at radius 3 is 2.72 bits per heavy atom. The van der Waals surface area contributed by atoms with E-state index in [1.165, 1.54) is 16.5 Å².